The van der Waals surface area contributed by atoms with E-state index in [0.717, 1.165) is 153 Å². The smallest absolute Gasteiger partial charge is 0.256 e. The Bertz CT molecular complexity index is 7910. The van der Waals surface area contributed by atoms with Crippen LogP contribution in [0.2, 0.25) is 0 Å². The Morgan fingerprint density at radius 1 is 0.215 bits per heavy atom. The molecule has 16 heteroatoms. The summed E-state index contributed by atoms with van der Waals surface area (Å²) in [4.78, 5) is 73.3. The average molecular weight is 1960 g/mol. The highest BCUT2D eigenvalue weighted by Crippen LogP contribution is 2.30. The topological polar surface area (TPSA) is 214 Å². The van der Waals surface area contributed by atoms with Gasteiger partial charge in [-0.2, -0.15) is 0 Å². The van der Waals surface area contributed by atoms with Crippen LogP contribution in [0.4, 0.5) is 39.8 Å². The Balaban J connectivity index is 0.000000130. The largest absolute Gasteiger partial charge is 0.497 e. The number of nitrogens with one attached hydrogen (secondary N) is 7. The molecule has 0 spiro atoms. The molecule has 0 heterocycles. The molecule has 0 aromatic heterocycles. The fourth-order valence-corrected chi connectivity index (χ4v) is 17.2. The number of carbonyl (C=O) groups is 6. The van der Waals surface area contributed by atoms with Gasteiger partial charge in [0.15, 0.2) is 0 Å². The van der Waals surface area contributed by atoms with Gasteiger partial charge in [0.25, 0.3) is 5.91 Å². The Morgan fingerprint density at radius 2 is 0.463 bits per heavy atom. The molecule has 21 aromatic carbocycles. The molecule has 6 amide bonds. The highest BCUT2D eigenvalue weighted by molar-refractivity contribution is 6.13. The van der Waals surface area contributed by atoms with Gasteiger partial charge in [0, 0.05) is 51.9 Å². The Labute approximate surface area is 871 Å². The Morgan fingerprint density at radius 3 is 0.799 bits per heavy atom. The van der Waals surface area contributed by atoms with Crippen LogP contribution in [0.15, 0.2) is 467 Å². The normalized spacial score (nSPS) is 10.5. The highest BCUT2D eigenvalue weighted by atomic mass is 16.5. The second kappa shape index (κ2) is 53.7. The van der Waals surface area contributed by atoms with E-state index in [2.05, 4.69) is 184 Å². The third kappa shape index (κ3) is 31.5. The molecule has 16 nitrogen and oxygen atoms in total. The minimum absolute atomic E-state index is 0.00846. The molecule has 0 bridgehead atoms. The van der Waals surface area contributed by atoms with E-state index in [1.165, 1.54) is 54.7 Å². The summed E-state index contributed by atoms with van der Waals surface area (Å²) in [6, 6.07) is 154. The predicted molar refractivity (Wildman–Crippen MR) is 618 cm³/mol. The lowest BCUT2D eigenvalue weighted by Crippen LogP contribution is -2.14. The summed E-state index contributed by atoms with van der Waals surface area (Å²) >= 11 is 0. The molecule has 21 rings (SSSR count). The summed E-state index contributed by atoms with van der Waals surface area (Å²) in [5.74, 6) is 2.32. The van der Waals surface area contributed by atoms with Crippen LogP contribution in [-0.4, -0.2) is 63.3 Å². The first kappa shape index (κ1) is 105. The van der Waals surface area contributed by atoms with Gasteiger partial charge >= 0.3 is 0 Å². The lowest BCUT2D eigenvalue weighted by Gasteiger charge is -2.09. The average Bonchev–Trinajstić information content (AvgIpc) is 0.811. The van der Waals surface area contributed by atoms with Crippen molar-refractivity contribution in [3.05, 3.63) is 528 Å². The van der Waals surface area contributed by atoms with Crippen LogP contribution in [0.1, 0.15) is 72.9 Å². The van der Waals surface area contributed by atoms with Crippen molar-refractivity contribution in [3.8, 4) is 17.2 Å². The minimum atomic E-state index is -0.114. The van der Waals surface area contributed by atoms with Crippen LogP contribution in [0.5, 0.6) is 17.2 Å². The van der Waals surface area contributed by atoms with E-state index in [-0.39, 0.29) is 35.4 Å². The summed E-state index contributed by atoms with van der Waals surface area (Å²) in [5, 5.41) is 37.3. The van der Waals surface area contributed by atoms with Gasteiger partial charge in [0.2, 0.25) is 29.5 Å². The van der Waals surface area contributed by atoms with Gasteiger partial charge in [-0.1, -0.05) is 363 Å². The van der Waals surface area contributed by atoms with E-state index >= 15 is 0 Å². The lowest BCUT2D eigenvalue weighted by molar-refractivity contribution is -0.116. The number of aryl methyl sites for hydroxylation is 4. The van der Waals surface area contributed by atoms with Crippen LogP contribution in [0, 0.1) is 20.8 Å². The third-order valence-corrected chi connectivity index (χ3v) is 25.2. The number of methoxy groups -OCH3 is 3. The summed E-state index contributed by atoms with van der Waals surface area (Å²) < 4.78 is 15.4. The van der Waals surface area contributed by atoms with Gasteiger partial charge in [-0.15, -0.1) is 0 Å². The van der Waals surface area contributed by atoms with E-state index in [4.69, 9.17) is 14.2 Å². The van der Waals surface area contributed by atoms with Gasteiger partial charge in [0.1, 0.15) is 17.2 Å². The van der Waals surface area contributed by atoms with Crippen molar-refractivity contribution in [1.82, 2.24) is 0 Å². The van der Waals surface area contributed by atoms with Crippen molar-refractivity contribution in [2.75, 3.05) is 65.1 Å². The standard InChI is InChI=1S/C20H19NO.C19H17NO2.C19H19NO.3C19H17NO.C18H15NO2/c1-2-15-8-11-19(12-9-15)21-20(22)14-16-7-10-17-5-3-4-6-18(17)13-16;1-22-17-11-9-16(10-12-17)20-19(21)13-15-7-4-6-14-5-2-3-8-18(14)15;1-21-18-11-9-17(10-12-18)20-14-13-16-7-4-6-15-5-2-3-8-19(15)16;2*1-14-9-11-17(12-10-14)20-19(21)13-16-7-4-6-15-5-2-3-8-18(15)16;1-14-6-10-18(11-7-14)20-19(21)13-15-8-9-16-4-2-3-5-17(16)12-15;1-21-15-11-9-14(10-12-15)19-18(20)17-8-4-6-13-5-2-3-7-16(13)17/h3-13H,2,14H2,1H3,(H,21,22);2-12H,13H2,1H3,(H,20,21);2-12,20H,13-14H2,1H3;3*2-12H,13H2,1H3,(H,20,21);2-12H,1H3,(H,19,20). The van der Waals surface area contributed by atoms with Gasteiger partial charge in [-0.25, -0.2) is 0 Å². The minimum Gasteiger partial charge on any atom is -0.497 e. The fourth-order valence-electron chi connectivity index (χ4n) is 17.2. The summed E-state index contributed by atoms with van der Waals surface area (Å²) in [7, 11) is 4.92. The quantitative estimate of drug-likeness (QED) is 0.0287. The van der Waals surface area contributed by atoms with Crippen molar-refractivity contribution >= 4 is 151 Å². The van der Waals surface area contributed by atoms with Crippen molar-refractivity contribution in [2.45, 2.75) is 72.6 Å². The molecule has 0 radical (unpaired) electrons. The van der Waals surface area contributed by atoms with Crippen molar-refractivity contribution in [1.29, 1.82) is 0 Å². The van der Waals surface area contributed by atoms with Crippen LogP contribution in [0.3, 0.4) is 0 Å². The maximum Gasteiger partial charge on any atom is 0.256 e. The van der Waals surface area contributed by atoms with E-state index in [1.807, 2.05) is 348 Å². The molecule has 7 N–H and O–H groups in total. The number of amides is 6. The molecule has 149 heavy (non-hydrogen) atoms. The second-order valence-electron chi connectivity index (χ2n) is 36.0. The number of ether oxygens (including phenoxy) is 3. The molecule has 0 atom stereocenters. The van der Waals surface area contributed by atoms with Crippen LogP contribution >= 0.6 is 0 Å². The molecular weight excluding hydrogens is 1840 g/mol. The third-order valence-electron chi connectivity index (χ3n) is 25.2. The van der Waals surface area contributed by atoms with Gasteiger partial charge in [0.05, 0.1) is 53.4 Å². The maximum atomic E-state index is 12.4. The number of hydrogen-bond acceptors (Lipinski definition) is 10. The molecule has 0 aliphatic heterocycles. The SMILES string of the molecule is CCc1ccc(NC(=O)Cc2ccc3ccccc3c2)cc1.COc1ccc(NC(=O)Cc2cccc3ccccc23)cc1.COc1ccc(NC(=O)c2cccc3ccccc23)cc1.COc1ccc(NCCc2cccc3ccccc23)cc1.Cc1ccc(NC(=O)Cc2ccc3ccccc3c2)cc1.Cc1ccc(NC(=O)Cc2cccc3ccccc23)cc1.Cc1ccc(NC(=O)Cc2cccc3ccccc23)cc1. The van der Waals surface area contributed by atoms with Crippen molar-refractivity contribution in [3.63, 3.8) is 0 Å². The first-order chi connectivity index (χ1) is 72.8. The zero-order chi connectivity index (χ0) is 104. The molecule has 0 fully saturated rings. The van der Waals surface area contributed by atoms with Gasteiger partial charge in [-0.05, 0) is 275 Å². The molecule has 742 valence electrons. The lowest BCUT2D eigenvalue weighted by atomic mass is 10.0. The number of rotatable bonds is 25. The van der Waals surface area contributed by atoms with Gasteiger partial charge < -0.3 is 51.4 Å². The van der Waals surface area contributed by atoms with Crippen molar-refractivity contribution in [2.24, 2.45) is 0 Å². The molecule has 0 unspecified atom stereocenters. The zero-order valence-electron chi connectivity index (χ0n) is 84.8. The van der Waals surface area contributed by atoms with E-state index in [1.54, 1.807) is 21.3 Å². The summed E-state index contributed by atoms with van der Waals surface area (Å²) in [5.41, 5.74) is 18.1. The number of benzene rings is 21. The van der Waals surface area contributed by atoms with E-state index in [0.29, 0.717) is 37.7 Å². The molecular formula is C133H121N7O9. The Kier molecular flexibility index (Phi) is 37.8. The highest BCUT2D eigenvalue weighted by Gasteiger charge is 2.16. The van der Waals surface area contributed by atoms with E-state index in [9.17, 15) is 28.8 Å². The number of fused-ring (bicyclic) bond motifs is 7. The summed E-state index contributed by atoms with van der Waals surface area (Å²) in [6.07, 6.45) is 3.91. The first-order valence-corrected chi connectivity index (χ1v) is 49.9. The molecule has 21 aromatic rings. The first-order valence-electron chi connectivity index (χ1n) is 49.9. The predicted octanol–water partition coefficient (Wildman–Crippen LogP) is 30.2. The van der Waals surface area contributed by atoms with Crippen molar-refractivity contribution < 1.29 is 43.0 Å². The fraction of sp³-hybridized carbons (Fsp3) is 0.113. The van der Waals surface area contributed by atoms with E-state index < -0.39 is 0 Å². The maximum absolute atomic E-state index is 12.4. The second-order valence-corrected chi connectivity index (χ2v) is 36.0. The molecule has 0 aliphatic carbocycles. The summed E-state index contributed by atoms with van der Waals surface area (Å²) in [6.45, 7) is 9.12. The molecule has 0 saturated heterocycles. The zero-order valence-corrected chi connectivity index (χ0v) is 84.8. The number of hydrogen-bond donors (Lipinski definition) is 7. The van der Waals surface area contributed by atoms with Gasteiger partial charge in [-0.3, -0.25) is 28.8 Å². The monoisotopic (exact) mass is 1960 g/mol. The number of anilines is 7. The molecule has 0 saturated carbocycles. The van der Waals surface area contributed by atoms with Crippen LogP contribution in [0.25, 0.3) is 75.4 Å². The molecule has 0 aliphatic rings. The Hall–Kier alpha value is -18.5. The van der Waals surface area contributed by atoms with Crippen LogP contribution < -0.4 is 51.4 Å². The number of carbonyl (C=O) groups excluding carboxylic acids is 6. The van der Waals surface area contributed by atoms with Crippen LogP contribution in [-0.2, 0) is 68.9 Å².